The smallest absolute Gasteiger partial charge is 0.550 e. The summed E-state index contributed by atoms with van der Waals surface area (Å²) in [4.78, 5) is 30.5. The molecular formula is C6H3K3O7. The second-order valence-corrected chi connectivity index (χ2v) is 2.54. The maximum atomic E-state index is 10.3. The van der Waals surface area contributed by atoms with Crippen molar-refractivity contribution in [3.63, 3.8) is 0 Å². The van der Waals surface area contributed by atoms with Crippen molar-refractivity contribution < 1.29 is 189 Å². The molecule has 16 heavy (non-hydrogen) atoms. The number of carbonyl (C=O) groups excluding carboxylic acids is 3. The van der Waals surface area contributed by atoms with Gasteiger partial charge >= 0.3 is 154 Å². The van der Waals surface area contributed by atoms with Gasteiger partial charge in [0, 0.05) is 12.4 Å². The van der Waals surface area contributed by atoms with E-state index in [9.17, 15) is 29.7 Å². The number of aliphatic carboxylic acids is 3. The number of hydrogen-bond donors (Lipinski definition) is 0. The first kappa shape index (κ1) is 24.3. The minimum absolute atomic E-state index is 0. The monoisotopic (exact) mass is 304 g/mol. The van der Waals surface area contributed by atoms with Gasteiger partial charge in [-0.25, -0.2) is 0 Å². The molecule has 1 saturated heterocycles. The average molecular weight is 304 g/mol. The molecular weight excluding hydrogens is 301 g/mol. The van der Waals surface area contributed by atoms with Gasteiger partial charge in [0.05, 0.1) is 11.9 Å². The second-order valence-electron chi connectivity index (χ2n) is 2.54. The summed E-state index contributed by atoms with van der Waals surface area (Å²) in [6.07, 6.45) is -2.83. The molecule has 0 N–H and O–H groups in total. The van der Waals surface area contributed by atoms with Crippen LogP contribution in [0.1, 0.15) is 6.42 Å². The molecule has 0 saturated carbocycles. The van der Waals surface area contributed by atoms with Gasteiger partial charge in [-0.15, -0.1) is 0 Å². The van der Waals surface area contributed by atoms with E-state index in [1.807, 2.05) is 0 Å². The Kier molecular flexibility index (Phi) is 15.3. The summed E-state index contributed by atoms with van der Waals surface area (Å²) in [7, 11) is 0. The molecule has 0 aliphatic carbocycles. The Balaban J connectivity index is -0.000000563. The molecule has 10 heteroatoms. The van der Waals surface area contributed by atoms with Gasteiger partial charge in [-0.1, -0.05) is 0 Å². The second kappa shape index (κ2) is 10.1. The van der Waals surface area contributed by atoms with E-state index in [1.165, 1.54) is 0 Å². The van der Waals surface area contributed by atoms with E-state index in [2.05, 4.69) is 4.74 Å². The molecule has 0 spiro atoms. The Morgan fingerprint density at radius 1 is 1.06 bits per heavy atom. The SMILES string of the molecule is O=C([O-])C[C@]1(C(=O)[O-])O[C@H]1C(=O)[O-].[K+].[K+].[K+]. The van der Waals surface area contributed by atoms with Gasteiger partial charge in [0.15, 0.2) is 0 Å². The van der Waals surface area contributed by atoms with Gasteiger partial charge < -0.3 is 34.4 Å². The molecule has 1 fully saturated rings. The van der Waals surface area contributed by atoms with Crippen molar-refractivity contribution in [2.24, 2.45) is 0 Å². The number of hydrogen-bond acceptors (Lipinski definition) is 7. The van der Waals surface area contributed by atoms with Crippen LogP contribution in [-0.4, -0.2) is 29.6 Å². The molecule has 2 atom stereocenters. The molecule has 1 heterocycles. The van der Waals surface area contributed by atoms with Crippen molar-refractivity contribution in [1.29, 1.82) is 0 Å². The zero-order valence-electron chi connectivity index (χ0n) is 9.14. The fourth-order valence-electron chi connectivity index (χ4n) is 0.991. The van der Waals surface area contributed by atoms with Crippen LogP contribution in [0.2, 0.25) is 0 Å². The Morgan fingerprint density at radius 2 is 1.50 bits per heavy atom. The van der Waals surface area contributed by atoms with Crippen molar-refractivity contribution in [2.75, 3.05) is 0 Å². The fourth-order valence-corrected chi connectivity index (χ4v) is 0.991. The third-order valence-corrected chi connectivity index (χ3v) is 1.66. The van der Waals surface area contributed by atoms with Gasteiger partial charge in [0.1, 0.15) is 11.7 Å². The molecule has 7 nitrogen and oxygen atoms in total. The predicted octanol–water partition coefficient (Wildman–Crippen LogP) is -14.2. The van der Waals surface area contributed by atoms with E-state index in [4.69, 9.17) is 0 Å². The predicted molar refractivity (Wildman–Crippen MR) is 27.2 cm³/mol. The zero-order valence-corrected chi connectivity index (χ0v) is 18.5. The molecule has 0 bridgehead atoms. The summed E-state index contributed by atoms with van der Waals surface area (Å²) >= 11 is 0. The van der Waals surface area contributed by atoms with Crippen molar-refractivity contribution >= 4 is 17.9 Å². The number of carboxylic acids is 3. The zero-order chi connectivity index (χ0) is 10.2. The maximum Gasteiger partial charge on any atom is 1.00 e. The van der Waals surface area contributed by atoms with Crippen LogP contribution in [0.3, 0.4) is 0 Å². The minimum atomic E-state index is -2.31. The van der Waals surface area contributed by atoms with E-state index in [1.54, 1.807) is 0 Å². The first-order valence-electron chi connectivity index (χ1n) is 3.20. The van der Waals surface area contributed by atoms with Crippen LogP contribution in [-0.2, 0) is 19.1 Å². The summed E-state index contributed by atoms with van der Waals surface area (Å²) in [5.74, 6) is -5.41. The number of carbonyl (C=O) groups is 3. The first-order valence-corrected chi connectivity index (χ1v) is 3.20. The summed E-state index contributed by atoms with van der Waals surface area (Å²) in [6, 6.07) is 0. The van der Waals surface area contributed by atoms with Gasteiger partial charge in [0.2, 0.25) is 0 Å². The Labute approximate surface area is 218 Å². The molecule has 0 unspecified atom stereocenters. The summed E-state index contributed by atoms with van der Waals surface area (Å²) in [5.41, 5.74) is -2.31. The molecule has 1 rings (SSSR count). The van der Waals surface area contributed by atoms with Crippen molar-refractivity contribution in [3.05, 3.63) is 0 Å². The quantitative estimate of drug-likeness (QED) is 0.372. The maximum absolute atomic E-state index is 10.3. The van der Waals surface area contributed by atoms with Gasteiger partial charge in [-0.2, -0.15) is 0 Å². The molecule has 0 aromatic rings. The van der Waals surface area contributed by atoms with Crippen LogP contribution < -0.4 is 169 Å². The van der Waals surface area contributed by atoms with Crippen LogP contribution in [0.5, 0.6) is 0 Å². The van der Waals surface area contributed by atoms with E-state index in [0.29, 0.717) is 0 Å². The standard InChI is InChI=1S/C6H6O7.3K/c7-2(8)1-6(5(11)12)3(13-6)4(9)10;;;/h3H,1H2,(H,7,8)(H,9,10)(H,11,12);;;/q;3*+1/p-3/t3-,6-;;;/m0.../s1. The molecule has 0 amide bonds. The third kappa shape index (κ3) is 6.15. The van der Waals surface area contributed by atoms with Crippen LogP contribution in [0, 0.1) is 0 Å². The summed E-state index contributed by atoms with van der Waals surface area (Å²) in [5, 5.41) is 30.5. The van der Waals surface area contributed by atoms with E-state index in [-0.39, 0.29) is 154 Å². The molecule has 0 radical (unpaired) electrons. The normalized spacial score (nSPS) is 25.1. The molecule has 1 aliphatic rings. The largest absolute Gasteiger partial charge is 1.00 e. The minimum Gasteiger partial charge on any atom is -0.550 e. The van der Waals surface area contributed by atoms with Crippen molar-refractivity contribution in [1.82, 2.24) is 0 Å². The Bertz CT molecular complexity index is 294. The topological polar surface area (TPSA) is 133 Å². The van der Waals surface area contributed by atoms with Crippen molar-refractivity contribution in [3.8, 4) is 0 Å². The van der Waals surface area contributed by atoms with Gasteiger partial charge in [-0.05, 0) is 0 Å². The molecule has 1 aliphatic heterocycles. The van der Waals surface area contributed by atoms with Gasteiger partial charge in [0.25, 0.3) is 0 Å². The number of ether oxygens (including phenoxy) is 1. The van der Waals surface area contributed by atoms with E-state index in [0.717, 1.165) is 0 Å². The average Bonchev–Trinajstić information content (AvgIpc) is 2.62. The summed E-state index contributed by atoms with van der Waals surface area (Å²) in [6.45, 7) is 0. The van der Waals surface area contributed by atoms with Crippen LogP contribution >= 0.6 is 0 Å². The Morgan fingerprint density at radius 3 is 1.69 bits per heavy atom. The number of carboxylic acid groups (broad SMARTS) is 3. The first-order chi connectivity index (χ1) is 5.90. The third-order valence-electron chi connectivity index (χ3n) is 1.66. The van der Waals surface area contributed by atoms with E-state index < -0.39 is 36.0 Å². The summed E-state index contributed by atoms with van der Waals surface area (Å²) < 4.78 is 4.19. The van der Waals surface area contributed by atoms with Gasteiger partial charge in [-0.3, -0.25) is 0 Å². The Hall–Kier alpha value is 3.28. The number of epoxide rings is 1. The molecule has 72 valence electrons. The van der Waals surface area contributed by atoms with Crippen molar-refractivity contribution in [2.45, 2.75) is 18.1 Å². The van der Waals surface area contributed by atoms with Crippen LogP contribution in [0.15, 0.2) is 0 Å². The molecule has 0 aromatic carbocycles. The number of rotatable bonds is 4. The molecule has 0 aromatic heterocycles. The van der Waals surface area contributed by atoms with Crippen LogP contribution in [0.4, 0.5) is 0 Å². The fraction of sp³-hybridized carbons (Fsp3) is 0.500. The van der Waals surface area contributed by atoms with Crippen LogP contribution in [0.25, 0.3) is 0 Å². The van der Waals surface area contributed by atoms with E-state index >= 15 is 0 Å².